The van der Waals surface area contributed by atoms with Crippen molar-refractivity contribution in [2.24, 2.45) is 5.92 Å². The van der Waals surface area contributed by atoms with Crippen LogP contribution in [0.4, 0.5) is 0 Å². The monoisotopic (exact) mass is 290 g/mol. The Morgan fingerprint density at radius 2 is 2.14 bits per heavy atom. The molecular formula is C14H18N4O3. The smallest absolute Gasteiger partial charge is 0.252 e. The molecule has 0 unspecified atom stereocenters. The molecular weight excluding hydrogens is 272 g/mol. The molecule has 0 aromatic carbocycles. The van der Waals surface area contributed by atoms with Gasteiger partial charge in [-0.1, -0.05) is 19.0 Å². The second-order valence-electron chi connectivity index (χ2n) is 4.94. The van der Waals surface area contributed by atoms with Gasteiger partial charge in [0, 0.05) is 24.5 Å². The lowest BCUT2D eigenvalue weighted by Crippen LogP contribution is -2.30. The third kappa shape index (κ3) is 4.96. The highest BCUT2D eigenvalue weighted by Crippen LogP contribution is 2.14. The van der Waals surface area contributed by atoms with Crippen molar-refractivity contribution in [1.82, 2.24) is 20.4 Å². The second-order valence-corrected chi connectivity index (χ2v) is 4.94. The van der Waals surface area contributed by atoms with Crippen LogP contribution in [0.3, 0.4) is 0 Å². The van der Waals surface area contributed by atoms with Crippen molar-refractivity contribution in [3.05, 3.63) is 30.4 Å². The number of pyridine rings is 1. The molecule has 2 aromatic heterocycles. The Kier molecular flexibility index (Phi) is 5.39. The van der Waals surface area contributed by atoms with Crippen LogP contribution in [-0.4, -0.2) is 34.2 Å². The number of ether oxygens (including phenoxy) is 1. The predicted molar refractivity (Wildman–Crippen MR) is 75.0 cm³/mol. The van der Waals surface area contributed by atoms with Crippen LogP contribution in [0.2, 0.25) is 0 Å². The topological polar surface area (TPSA) is 90.1 Å². The van der Waals surface area contributed by atoms with Gasteiger partial charge in [0.1, 0.15) is 13.2 Å². The molecule has 0 radical (unpaired) electrons. The molecule has 7 nitrogen and oxygen atoms in total. The number of hydrogen-bond donors (Lipinski definition) is 1. The summed E-state index contributed by atoms with van der Waals surface area (Å²) in [7, 11) is 0. The van der Waals surface area contributed by atoms with Crippen LogP contribution in [0.15, 0.2) is 29.0 Å². The van der Waals surface area contributed by atoms with Crippen LogP contribution < -0.4 is 5.32 Å². The zero-order valence-electron chi connectivity index (χ0n) is 12.1. The van der Waals surface area contributed by atoms with Crippen LogP contribution in [0, 0.1) is 5.92 Å². The van der Waals surface area contributed by atoms with Gasteiger partial charge in [0.25, 0.3) is 5.89 Å². The summed E-state index contributed by atoms with van der Waals surface area (Å²) in [6.07, 6.45) is 3.31. The van der Waals surface area contributed by atoms with Gasteiger partial charge in [0.15, 0.2) is 0 Å². The highest BCUT2D eigenvalue weighted by Gasteiger charge is 2.09. The minimum Gasteiger partial charge on any atom is -0.362 e. The second kappa shape index (κ2) is 7.49. The van der Waals surface area contributed by atoms with Crippen molar-refractivity contribution in [2.75, 3.05) is 13.2 Å². The summed E-state index contributed by atoms with van der Waals surface area (Å²) in [6, 6.07) is 3.57. The third-order valence-corrected chi connectivity index (χ3v) is 2.57. The van der Waals surface area contributed by atoms with Gasteiger partial charge in [0.2, 0.25) is 11.7 Å². The van der Waals surface area contributed by atoms with E-state index in [2.05, 4.69) is 20.4 Å². The SMILES string of the molecule is CC(C)CNC(=O)COCc1nc(-c2ccncc2)no1. The minimum absolute atomic E-state index is 0.0281. The molecule has 0 atom stereocenters. The molecule has 7 heteroatoms. The largest absolute Gasteiger partial charge is 0.362 e. The maximum absolute atomic E-state index is 11.5. The van der Waals surface area contributed by atoms with E-state index in [4.69, 9.17) is 9.26 Å². The molecule has 2 rings (SSSR count). The average molecular weight is 290 g/mol. The highest BCUT2D eigenvalue weighted by atomic mass is 16.5. The fraction of sp³-hybridized carbons (Fsp3) is 0.429. The van der Waals surface area contributed by atoms with Gasteiger partial charge in [-0.3, -0.25) is 9.78 Å². The molecule has 0 saturated heterocycles. The summed E-state index contributed by atoms with van der Waals surface area (Å²) in [4.78, 5) is 19.6. The Labute approximate surface area is 122 Å². The van der Waals surface area contributed by atoms with Gasteiger partial charge in [-0.05, 0) is 18.1 Å². The minimum atomic E-state index is -0.155. The number of rotatable bonds is 7. The van der Waals surface area contributed by atoms with Crippen molar-refractivity contribution in [3.8, 4) is 11.4 Å². The molecule has 0 fully saturated rings. The number of carbonyl (C=O) groups is 1. The maximum Gasteiger partial charge on any atom is 0.252 e. The molecule has 21 heavy (non-hydrogen) atoms. The summed E-state index contributed by atoms with van der Waals surface area (Å²) in [5, 5.41) is 6.61. The van der Waals surface area contributed by atoms with Gasteiger partial charge in [0.05, 0.1) is 0 Å². The van der Waals surface area contributed by atoms with E-state index < -0.39 is 0 Å². The van der Waals surface area contributed by atoms with Gasteiger partial charge in [-0.2, -0.15) is 4.98 Å². The Hall–Kier alpha value is -2.28. The van der Waals surface area contributed by atoms with Crippen LogP contribution >= 0.6 is 0 Å². The van der Waals surface area contributed by atoms with Gasteiger partial charge in [-0.25, -0.2) is 0 Å². The van der Waals surface area contributed by atoms with Crippen molar-refractivity contribution in [2.45, 2.75) is 20.5 Å². The number of nitrogens with one attached hydrogen (secondary N) is 1. The molecule has 0 bridgehead atoms. The Morgan fingerprint density at radius 1 is 1.38 bits per heavy atom. The van der Waals surface area contributed by atoms with Gasteiger partial charge in [-0.15, -0.1) is 0 Å². The molecule has 1 amide bonds. The lowest BCUT2D eigenvalue weighted by atomic mass is 10.2. The molecule has 0 aliphatic heterocycles. The zero-order chi connectivity index (χ0) is 15.1. The van der Waals surface area contributed by atoms with Gasteiger partial charge >= 0.3 is 0 Å². The summed E-state index contributed by atoms with van der Waals surface area (Å²) in [5.74, 6) is 1.06. The zero-order valence-corrected chi connectivity index (χ0v) is 12.1. The maximum atomic E-state index is 11.5. The van der Waals surface area contributed by atoms with Crippen LogP contribution in [-0.2, 0) is 16.1 Å². The fourth-order valence-electron chi connectivity index (χ4n) is 1.53. The molecule has 112 valence electrons. The van der Waals surface area contributed by atoms with Crippen molar-refractivity contribution >= 4 is 5.91 Å². The summed E-state index contributed by atoms with van der Waals surface area (Å²) >= 11 is 0. The van der Waals surface area contributed by atoms with E-state index in [0.717, 1.165) is 5.56 Å². The highest BCUT2D eigenvalue weighted by molar-refractivity contribution is 5.77. The fourth-order valence-corrected chi connectivity index (χ4v) is 1.53. The average Bonchev–Trinajstić information content (AvgIpc) is 2.95. The van der Waals surface area contributed by atoms with Crippen molar-refractivity contribution in [1.29, 1.82) is 0 Å². The normalized spacial score (nSPS) is 10.8. The predicted octanol–water partition coefficient (Wildman–Crippen LogP) is 1.42. The third-order valence-electron chi connectivity index (χ3n) is 2.57. The van der Waals surface area contributed by atoms with Crippen LogP contribution in [0.5, 0.6) is 0 Å². The molecule has 1 N–H and O–H groups in total. The van der Waals surface area contributed by atoms with Crippen molar-refractivity contribution < 1.29 is 14.1 Å². The van der Waals surface area contributed by atoms with E-state index in [1.54, 1.807) is 24.5 Å². The lowest BCUT2D eigenvalue weighted by molar-refractivity contribution is -0.126. The van der Waals surface area contributed by atoms with E-state index in [1.165, 1.54) is 0 Å². The molecule has 0 aliphatic carbocycles. The number of hydrogen-bond acceptors (Lipinski definition) is 6. The number of nitrogens with zero attached hydrogens (tertiary/aromatic N) is 3. The van der Waals surface area contributed by atoms with E-state index >= 15 is 0 Å². The molecule has 0 spiro atoms. The summed E-state index contributed by atoms with van der Waals surface area (Å²) in [5.41, 5.74) is 0.815. The number of aromatic nitrogens is 3. The lowest BCUT2D eigenvalue weighted by Gasteiger charge is -2.06. The summed E-state index contributed by atoms with van der Waals surface area (Å²) in [6.45, 7) is 4.77. The summed E-state index contributed by atoms with van der Waals surface area (Å²) < 4.78 is 10.3. The van der Waals surface area contributed by atoms with Crippen LogP contribution in [0.25, 0.3) is 11.4 Å². The van der Waals surface area contributed by atoms with Gasteiger partial charge < -0.3 is 14.6 Å². The number of amides is 1. The molecule has 0 aliphatic rings. The number of carbonyl (C=O) groups excluding carboxylic acids is 1. The first-order chi connectivity index (χ1) is 10.1. The first-order valence-corrected chi connectivity index (χ1v) is 6.72. The van der Waals surface area contributed by atoms with Crippen molar-refractivity contribution in [3.63, 3.8) is 0 Å². The standard InChI is InChI=1S/C14H18N4O3/c1-10(2)7-16-12(19)8-20-9-13-17-14(18-21-13)11-3-5-15-6-4-11/h3-6,10H,7-9H2,1-2H3,(H,16,19). The van der Waals surface area contributed by atoms with E-state index in [1.807, 2.05) is 13.8 Å². The van der Waals surface area contributed by atoms with E-state index in [0.29, 0.717) is 24.2 Å². The van der Waals surface area contributed by atoms with E-state index in [-0.39, 0.29) is 19.1 Å². The van der Waals surface area contributed by atoms with Crippen LogP contribution in [0.1, 0.15) is 19.7 Å². The molecule has 2 aromatic rings. The first-order valence-electron chi connectivity index (χ1n) is 6.72. The first kappa shape index (κ1) is 15.1. The Morgan fingerprint density at radius 3 is 2.86 bits per heavy atom. The van der Waals surface area contributed by atoms with E-state index in [9.17, 15) is 4.79 Å². The quantitative estimate of drug-likeness (QED) is 0.829. The Bertz CT molecular complexity index is 569. The molecule has 0 saturated carbocycles. The Balaban J connectivity index is 1.77. The molecule has 2 heterocycles.